The van der Waals surface area contributed by atoms with Crippen molar-refractivity contribution in [2.45, 2.75) is 6.92 Å². The molecule has 1 aromatic heterocycles. The van der Waals surface area contributed by atoms with E-state index in [0.717, 1.165) is 24.4 Å². The van der Waals surface area contributed by atoms with Crippen LogP contribution >= 0.6 is 0 Å². The van der Waals surface area contributed by atoms with Gasteiger partial charge in [0.1, 0.15) is 11.6 Å². The highest BCUT2D eigenvalue weighted by molar-refractivity contribution is 5.94. The summed E-state index contributed by atoms with van der Waals surface area (Å²) in [7, 11) is 0. The molecule has 0 unspecified atom stereocenters. The van der Waals surface area contributed by atoms with Gasteiger partial charge in [0.05, 0.1) is 5.52 Å². The second kappa shape index (κ2) is 6.75. The molecule has 132 valence electrons. The molecule has 5 heteroatoms. The van der Waals surface area contributed by atoms with Crippen LogP contribution in [-0.4, -0.2) is 42.0 Å². The maximum atomic E-state index is 13.0. The number of para-hydroxylation sites is 1. The molecular weight excluding hydrogens is 329 g/mol. The minimum absolute atomic E-state index is 0.0488. The van der Waals surface area contributed by atoms with Crippen LogP contribution in [0.5, 0.6) is 0 Å². The normalized spacial score (nSPS) is 14.7. The Morgan fingerprint density at radius 2 is 1.69 bits per heavy atom. The zero-order chi connectivity index (χ0) is 18.1. The number of fused-ring (bicyclic) bond motifs is 1. The van der Waals surface area contributed by atoms with E-state index in [1.807, 2.05) is 23.1 Å². The van der Waals surface area contributed by atoms with Crippen LogP contribution in [0.2, 0.25) is 0 Å². The average molecular weight is 349 g/mol. The van der Waals surface area contributed by atoms with Gasteiger partial charge < -0.3 is 9.80 Å². The zero-order valence-corrected chi connectivity index (χ0v) is 14.7. The summed E-state index contributed by atoms with van der Waals surface area (Å²) in [5.74, 6) is 0.575. The standard InChI is InChI=1S/C21H20FN3O/c1-15-14-20(23-19-5-3-2-4-18(15)19)24-10-12-25(13-11-24)21(26)16-6-8-17(22)9-7-16/h2-9,14H,10-13H2,1H3. The third-order valence-electron chi connectivity index (χ3n) is 4.89. The Kier molecular flexibility index (Phi) is 4.29. The number of hydrogen-bond acceptors (Lipinski definition) is 3. The summed E-state index contributed by atoms with van der Waals surface area (Å²) in [5, 5.41) is 1.17. The highest BCUT2D eigenvalue weighted by Gasteiger charge is 2.23. The number of hydrogen-bond donors (Lipinski definition) is 0. The molecule has 0 N–H and O–H groups in total. The maximum Gasteiger partial charge on any atom is 0.253 e. The van der Waals surface area contributed by atoms with Crippen LogP contribution in [0.4, 0.5) is 10.2 Å². The van der Waals surface area contributed by atoms with Gasteiger partial charge in [0.2, 0.25) is 0 Å². The fourth-order valence-corrected chi connectivity index (χ4v) is 3.41. The number of halogens is 1. The van der Waals surface area contributed by atoms with E-state index in [9.17, 15) is 9.18 Å². The van der Waals surface area contributed by atoms with Crippen molar-refractivity contribution in [1.82, 2.24) is 9.88 Å². The van der Waals surface area contributed by atoms with Crippen molar-refractivity contribution in [3.63, 3.8) is 0 Å². The summed E-state index contributed by atoms with van der Waals surface area (Å²) >= 11 is 0. The number of nitrogens with zero attached hydrogens (tertiary/aromatic N) is 3. The lowest BCUT2D eigenvalue weighted by Crippen LogP contribution is -2.49. The summed E-state index contributed by atoms with van der Waals surface area (Å²) < 4.78 is 13.0. The number of piperazine rings is 1. The molecule has 0 atom stereocenters. The lowest BCUT2D eigenvalue weighted by atomic mass is 10.1. The first-order valence-electron chi connectivity index (χ1n) is 8.78. The first kappa shape index (κ1) is 16.5. The highest BCUT2D eigenvalue weighted by atomic mass is 19.1. The minimum atomic E-state index is -0.330. The van der Waals surface area contributed by atoms with Gasteiger partial charge in [-0.05, 0) is 48.9 Å². The Labute approximate surface area is 151 Å². The van der Waals surface area contributed by atoms with Crippen LogP contribution in [0.3, 0.4) is 0 Å². The molecule has 2 aromatic carbocycles. The molecule has 4 rings (SSSR count). The largest absolute Gasteiger partial charge is 0.353 e. The molecule has 1 aliphatic rings. The molecule has 2 heterocycles. The molecule has 1 fully saturated rings. The molecule has 1 aliphatic heterocycles. The molecule has 0 bridgehead atoms. The topological polar surface area (TPSA) is 36.4 Å². The Bertz CT molecular complexity index is 947. The highest BCUT2D eigenvalue weighted by Crippen LogP contribution is 2.23. The SMILES string of the molecule is Cc1cc(N2CCN(C(=O)c3ccc(F)cc3)CC2)nc2ccccc12. The minimum Gasteiger partial charge on any atom is -0.353 e. The van der Waals surface area contributed by atoms with Crippen molar-refractivity contribution in [1.29, 1.82) is 0 Å². The van der Waals surface area contributed by atoms with Crippen LogP contribution in [-0.2, 0) is 0 Å². The summed E-state index contributed by atoms with van der Waals surface area (Å²) in [5.41, 5.74) is 2.72. The lowest BCUT2D eigenvalue weighted by Gasteiger charge is -2.35. The van der Waals surface area contributed by atoms with Crippen LogP contribution in [0, 0.1) is 12.7 Å². The van der Waals surface area contributed by atoms with Crippen LogP contribution in [0.15, 0.2) is 54.6 Å². The molecule has 26 heavy (non-hydrogen) atoms. The number of carbonyl (C=O) groups is 1. The van der Waals surface area contributed by atoms with Crippen molar-refractivity contribution < 1.29 is 9.18 Å². The monoisotopic (exact) mass is 349 g/mol. The maximum absolute atomic E-state index is 13.0. The summed E-state index contributed by atoms with van der Waals surface area (Å²) in [6, 6.07) is 16.0. The third kappa shape index (κ3) is 3.12. The number of amides is 1. The average Bonchev–Trinajstić information content (AvgIpc) is 2.68. The number of aryl methyl sites for hydroxylation is 1. The predicted octanol–water partition coefficient (Wildman–Crippen LogP) is 3.64. The molecule has 0 saturated carbocycles. The Balaban J connectivity index is 1.48. The van der Waals surface area contributed by atoms with E-state index in [0.29, 0.717) is 18.7 Å². The van der Waals surface area contributed by atoms with Gasteiger partial charge in [-0.15, -0.1) is 0 Å². The van der Waals surface area contributed by atoms with E-state index in [-0.39, 0.29) is 11.7 Å². The first-order chi connectivity index (χ1) is 12.6. The number of benzene rings is 2. The van der Waals surface area contributed by atoms with Crippen molar-refractivity contribution in [3.05, 3.63) is 71.5 Å². The van der Waals surface area contributed by atoms with E-state index in [1.165, 1.54) is 35.2 Å². The molecule has 1 saturated heterocycles. The van der Waals surface area contributed by atoms with E-state index in [2.05, 4.69) is 24.0 Å². The molecule has 0 spiro atoms. The predicted molar refractivity (Wildman–Crippen MR) is 101 cm³/mol. The Morgan fingerprint density at radius 3 is 2.42 bits per heavy atom. The van der Waals surface area contributed by atoms with Crippen molar-refractivity contribution >= 4 is 22.6 Å². The molecule has 1 amide bonds. The smallest absolute Gasteiger partial charge is 0.253 e. The number of anilines is 1. The van der Waals surface area contributed by atoms with E-state index < -0.39 is 0 Å². The molecule has 0 aliphatic carbocycles. The quantitative estimate of drug-likeness (QED) is 0.709. The van der Waals surface area contributed by atoms with E-state index in [4.69, 9.17) is 4.98 Å². The van der Waals surface area contributed by atoms with Gasteiger partial charge in [-0.3, -0.25) is 4.79 Å². The van der Waals surface area contributed by atoms with Gasteiger partial charge in [-0.25, -0.2) is 9.37 Å². The number of aromatic nitrogens is 1. The van der Waals surface area contributed by atoms with Crippen LogP contribution in [0.25, 0.3) is 10.9 Å². The van der Waals surface area contributed by atoms with Crippen molar-refractivity contribution in [2.24, 2.45) is 0 Å². The van der Waals surface area contributed by atoms with Crippen molar-refractivity contribution in [3.8, 4) is 0 Å². The third-order valence-corrected chi connectivity index (χ3v) is 4.89. The molecule has 3 aromatic rings. The van der Waals surface area contributed by atoms with E-state index >= 15 is 0 Å². The van der Waals surface area contributed by atoms with Gasteiger partial charge in [0.15, 0.2) is 0 Å². The number of carbonyl (C=O) groups excluding carboxylic acids is 1. The number of rotatable bonds is 2. The van der Waals surface area contributed by atoms with Crippen molar-refractivity contribution in [2.75, 3.05) is 31.1 Å². The van der Waals surface area contributed by atoms with Gasteiger partial charge in [-0.1, -0.05) is 18.2 Å². The van der Waals surface area contributed by atoms with E-state index in [1.54, 1.807) is 0 Å². The second-order valence-corrected chi connectivity index (χ2v) is 6.60. The zero-order valence-electron chi connectivity index (χ0n) is 14.7. The number of pyridine rings is 1. The lowest BCUT2D eigenvalue weighted by molar-refractivity contribution is 0.0746. The van der Waals surface area contributed by atoms with Gasteiger partial charge >= 0.3 is 0 Å². The molecule has 0 radical (unpaired) electrons. The molecular formula is C21H20FN3O. The summed E-state index contributed by atoms with van der Waals surface area (Å²) in [6.45, 7) is 4.82. The Hall–Kier alpha value is -2.95. The van der Waals surface area contributed by atoms with Gasteiger partial charge in [0.25, 0.3) is 5.91 Å². The summed E-state index contributed by atoms with van der Waals surface area (Å²) in [4.78, 5) is 21.4. The fraction of sp³-hybridized carbons (Fsp3) is 0.238. The molecule has 4 nitrogen and oxygen atoms in total. The summed E-state index contributed by atoms with van der Waals surface area (Å²) in [6.07, 6.45) is 0. The van der Waals surface area contributed by atoms with Gasteiger partial charge in [0, 0.05) is 37.1 Å². The Morgan fingerprint density at radius 1 is 1.00 bits per heavy atom. The van der Waals surface area contributed by atoms with Crippen LogP contribution in [0.1, 0.15) is 15.9 Å². The van der Waals surface area contributed by atoms with Crippen LogP contribution < -0.4 is 4.90 Å². The second-order valence-electron chi connectivity index (χ2n) is 6.60. The van der Waals surface area contributed by atoms with Gasteiger partial charge in [-0.2, -0.15) is 0 Å². The first-order valence-corrected chi connectivity index (χ1v) is 8.78. The fourth-order valence-electron chi connectivity index (χ4n) is 3.41.